The van der Waals surface area contributed by atoms with Crippen molar-refractivity contribution in [2.45, 2.75) is 45.3 Å². The van der Waals surface area contributed by atoms with Gasteiger partial charge in [-0.1, -0.05) is 12.2 Å². The molecule has 3 heteroatoms. The summed E-state index contributed by atoms with van der Waals surface area (Å²) in [6, 6.07) is 0. The summed E-state index contributed by atoms with van der Waals surface area (Å²) in [6.07, 6.45) is 6.17. The molecule has 1 unspecified atom stereocenters. The Labute approximate surface area is 85.1 Å². The summed E-state index contributed by atoms with van der Waals surface area (Å²) < 4.78 is 10.5. The lowest BCUT2D eigenvalue weighted by Gasteiger charge is -2.20. The molecule has 1 rings (SSSR count). The van der Waals surface area contributed by atoms with Crippen LogP contribution in [0.2, 0.25) is 0 Å². The summed E-state index contributed by atoms with van der Waals surface area (Å²) in [7, 11) is 0. The smallest absolute Gasteiger partial charge is 0.332 e. The van der Waals surface area contributed by atoms with Crippen LogP contribution in [0.3, 0.4) is 0 Å². The van der Waals surface area contributed by atoms with E-state index in [0.717, 1.165) is 12.8 Å². The molecule has 0 spiro atoms. The minimum absolute atomic E-state index is 0.0479. The first-order valence-electron chi connectivity index (χ1n) is 4.97. The molecule has 1 atom stereocenters. The average Bonchev–Trinajstić information content (AvgIpc) is 2.49. The number of rotatable bonds is 3. The third-order valence-electron chi connectivity index (χ3n) is 1.80. The first-order valence-corrected chi connectivity index (χ1v) is 4.97. The summed E-state index contributed by atoms with van der Waals surface area (Å²) in [5, 5.41) is 0. The molecule has 0 radical (unpaired) electrons. The third kappa shape index (κ3) is 4.42. The van der Waals surface area contributed by atoms with Gasteiger partial charge in [0.1, 0.15) is 12.2 Å². The largest absolute Gasteiger partial charge is 0.458 e. The minimum Gasteiger partial charge on any atom is -0.458 e. The van der Waals surface area contributed by atoms with Crippen molar-refractivity contribution in [2.24, 2.45) is 0 Å². The van der Waals surface area contributed by atoms with Gasteiger partial charge in [0, 0.05) is 0 Å². The zero-order valence-corrected chi connectivity index (χ0v) is 9.08. The molecule has 0 saturated carbocycles. The molecule has 1 aliphatic carbocycles. The van der Waals surface area contributed by atoms with Crippen molar-refractivity contribution >= 4 is 5.97 Å². The van der Waals surface area contributed by atoms with Gasteiger partial charge in [-0.15, -0.1) is 0 Å². The molecular weight excluding hydrogens is 180 g/mol. The van der Waals surface area contributed by atoms with Gasteiger partial charge in [0.15, 0.2) is 0 Å². The van der Waals surface area contributed by atoms with E-state index in [1.165, 1.54) is 0 Å². The Bertz CT molecular complexity index is 225. The average molecular weight is 198 g/mol. The lowest BCUT2D eigenvalue weighted by atomic mass is 10.2. The van der Waals surface area contributed by atoms with Gasteiger partial charge >= 0.3 is 5.97 Å². The summed E-state index contributed by atoms with van der Waals surface area (Å²) in [5.74, 6) is -0.294. The van der Waals surface area contributed by atoms with Crippen LogP contribution < -0.4 is 0 Å². The Morgan fingerprint density at radius 2 is 2.21 bits per heavy atom. The summed E-state index contributed by atoms with van der Waals surface area (Å²) in [4.78, 5) is 11.2. The molecule has 0 saturated heterocycles. The SMILES string of the molecule is CC(C)(C)OC(=O)COC1C=CCC1. The minimum atomic E-state index is -0.425. The van der Waals surface area contributed by atoms with Gasteiger partial charge in [-0.05, 0) is 33.6 Å². The molecule has 80 valence electrons. The van der Waals surface area contributed by atoms with Gasteiger partial charge in [-0.25, -0.2) is 4.79 Å². The topological polar surface area (TPSA) is 35.5 Å². The van der Waals surface area contributed by atoms with Crippen molar-refractivity contribution in [1.29, 1.82) is 0 Å². The summed E-state index contributed by atoms with van der Waals surface area (Å²) in [5.41, 5.74) is -0.425. The summed E-state index contributed by atoms with van der Waals surface area (Å²) in [6.45, 7) is 5.59. The molecular formula is C11H18O3. The van der Waals surface area contributed by atoms with Crippen molar-refractivity contribution < 1.29 is 14.3 Å². The molecule has 0 aromatic rings. The van der Waals surface area contributed by atoms with Crippen LogP contribution in [0.15, 0.2) is 12.2 Å². The van der Waals surface area contributed by atoms with E-state index in [4.69, 9.17) is 9.47 Å². The molecule has 0 amide bonds. The number of ether oxygens (including phenoxy) is 2. The number of allylic oxidation sites excluding steroid dienone is 1. The molecule has 0 aromatic carbocycles. The van der Waals surface area contributed by atoms with Crippen LogP contribution in [-0.4, -0.2) is 24.3 Å². The molecule has 0 fully saturated rings. The second kappa shape index (κ2) is 4.60. The molecule has 14 heavy (non-hydrogen) atoms. The molecule has 1 aliphatic rings. The van der Waals surface area contributed by atoms with Crippen molar-refractivity contribution in [1.82, 2.24) is 0 Å². The van der Waals surface area contributed by atoms with E-state index in [0.29, 0.717) is 0 Å². The lowest BCUT2D eigenvalue weighted by Crippen LogP contribution is -2.27. The second-order valence-electron chi connectivity index (χ2n) is 4.44. The molecule has 0 N–H and O–H groups in total. The molecule has 0 aliphatic heterocycles. The molecule has 3 nitrogen and oxygen atoms in total. The van der Waals surface area contributed by atoms with Crippen LogP contribution >= 0.6 is 0 Å². The highest BCUT2D eigenvalue weighted by Gasteiger charge is 2.18. The highest BCUT2D eigenvalue weighted by molar-refractivity contribution is 5.71. The highest BCUT2D eigenvalue weighted by Crippen LogP contribution is 2.13. The number of carbonyl (C=O) groups excluding carboxylic acids is 1. The van der Waals surface area contributed by atoms with E-state index >= 15 is 0 Å². The lowest BCUT2D eigenvalue weighted by molar-refractivity contribution is -0.161. The fraction of sp³-hybridized carbons (Fsp3) is 0.727. The number of hydrogen-bond donors (Lipinski definition) is 0. The predicted octanol–water partition coefficient (Wildman–Crippen LogP) is 2.06. The Kier molecular flexibility index (Phi) is 3.69. The van der Waals surface area contributed by atoms with Gasteiger partial charge in [0.2, 0.25) is 0 Å². The van der Waals surface area contributed by atoms with Crippen molar-refractivity contribution in [2.75, 3.05) is 6.61 Å². The first-order chi connectivity index (χ1) is 6.47. The number of carbonyl (C=O) groups is 1. The van der Waals surface area contributed by atoms with Gasteiger partial charge in [-0.3, -0.25) is 0 Å². The third-order valence-corrected chi connectivity index (χ3v) is 1.80. The zero-order chi connectivity index (χ0) is 10.6. The van der Waals surface area contributed by atoms with E-state index in [-0.39, 0.29) is 18.7 Å². The van der Waals surface area contributed by atoms with Gasteiger partial charge in [0.05, 0.1) is 6.10 Å². The Hall–Kier alpha value is -0.830. The summed E-state index contributed by atoms with van der Waals surface area (Å²) >= 11 is 0. The van der Waals surface area contributed by atoms with Crippen LogP contribution in [0, 0.1) is 0 Å². The van der Waals surface area contributed by atoms with E-state index in [2.05, 4.69) is 6.08 Å². The zero-order valence-electron chi connectivity index (χ0n) is 9.08. The van der Waals surface area contributed by atoms with Gasteiger partial charge in [0.25, 0.3) is 0 Å². The Balaban J connectivity index is 2.18. The number of esters is 1. The maximum absolute atomic E-state index is 11.2. The fourth-order valence-corrected chi connectivity index (χ4v) is 1.29. The Morgan fingerprint density at radius 3 is 2.71 bits per heavy atom. The Morgan fingerprint density at radius 1 is 1.50 bits per heavy atom. The van der Waals surface area contributed by atoms with Crippen LogP contribution in [0.25, 0.3) is 0 Å². The molecule has 0 aromatic heterocycles. The molecule has 0 heterocycles. The predicted molar refractivity (Wildman–Crippen MR) is 54.0 cm³/mol. The van der Waals surface area contributed by atoms with Crippen LogP contribution in [0.5, 0.6) is 0 Å². The monoisotopic (exact) mass is 198 g/mol. The normalized spacial score (nSPS) is 21.2. The van der Waals surface area contributed by atoms with Crippen LogP contribution in [0.1, 0.15) is 33.6 Å². The highest BCUT2D eigenvalue weighted by atomic mass is 16.6. The quantitative estimate of drug-likeness (QED) is 0.514. The fourth-order valence-electron chi connectivity index (χ4n) is 1.29. The first kappa shape index (κ1) is 11.2. The van der Waals surface area contributed by atoms with E-state index in [1.54, 1.807) is 0 Å². The second-order valence-corrected chi connectivity index (χ2v) is 4.44. The standard InChI is InChI=1S/C11H18O3/c1-11(2,3)14-10(12)8-13-9-6-4-5-7-9/h4,6,9H,5,7-8H2,1-3H3. The van der Waals surface area contributed by atoms with Crippen LogP contribution in [-0.2, 0) is 14.3 Å². The van der Waals surface area contributed by atoms with Crippen molar-refractivity contribution in [3.63, 3.8) is 0 Å². The van der Waals surface area contributed by atoms with Gasteiger partial charge < -0.3 is 9.47 Å². The van der Waals surface area contributed by atoms with E-state index < -0.39 is 5.60 Å². The van der Waals surface area contributed by atoms with Crippen LogP contribution in [0.4, 0.5) is 0 Å². The van der Waals surface area contributed by atoms with E-state index in [1.807, 2.05) is 26.8 Å². The van der Waals surface area contributed by atoms with Crippen molar-refractivity contribution in [3.05, 3.63) is 12.2 Å². The maximum atomic E-state index is 11.2. The maximum Gasteiger partial charge on any atom is 0.332 e. The number of hydrogen-bond acceptors (Lipinski definition) is 3. The molecule has 0 bridgehead atoms. The van der Waals surface area contributed by atoms with Gasteiger partial charge in [-0.2, -0.15) is 0 Å². The van der Waals surface area contributed by atoms with Crippen molar-refractivity contribution in [3.8, 4) is 0 Å². The van der Waals surface area contributed by atoms with E-state index in [9.17, 15) is 4.79 Å².